The summed E-state index contributed by atoms with van der Waals surface area (Å²) in [5.74, 6) is -0.993. The molecular formula is C36H19F18NO10S5. The molecule has 0 saturated carbocycles. The highest BCUT2D eigenvalue weighted by Crippen LogP contribution is 2.41. The van der Waals surface area contributed by atoms with Gasteiger partial charge in [0, 0.05) is 0 Å². The zero-order chi connectivity index (χ0) is 53.5. The molecule has 0 aliphatic carbocycles. The summed E-state index contributed by atoms with van der Waals surface area (Å²) in [6, 6.07) is 17.4. The van der Waals surface area contributed by atoms with Gasteiger partial charge in [-0.25, -0.2) is 16.8 Å². The summed E-state index contributed by atoms with van der Waals surface area (Å²) >= 11 is 0. The van der Waals surface area contributed by atoms with E-state index in [0.717, 1.165) is 28.4 Å². The Kier molecular flexibility index (Phi) is 16.0. The average molecular weight is 1130 g/mol. The van der Waals surface area contributed by atoms with E-state index >= 15 is 0 Å². The first kappa shape index (κ1) is 57.1. The van der Waals surface area contributed by atoms with Crippen molar-refractivity contribution in [1.29, 1.82) is 0 Å². The van der Waals surface area contributed by atoms with E-state index in [1.807, 2.05) is 0 Å². The lowest BCUT2D eigenvalue weighted by Crippen LogP contribution is -2.30. The Morgan fingerprint density at radius 3 is 0.857 bits per heavy atom. The summed E-state index contributed by atoms with van der Waals surface area (Å²) in [6.07, 6.45) is -21.3. The molecule has 5 rings (SSSR count). The van der Waals surface area contributed by atoms with Crippen LogP contribution in [0.1, 0.15) is 22.3 Å². The smallest absolute Gasteiger partial charge is 0.421 e. The molecule has 0 spiro atoms. The van der Waals surface area contributed by atoms with Crippen LogP contribution in [0.5, 0.6) is 11.5 Å². The summed E-state index contributed by atoms with van der Waals surface area (Å²) in [4.78, 5) is -1.39. The predicted octanol–water partition coefficient (Wildman–Crippen LogP) is 11.5. The molecule has 384 valence electrons. The number of benzene rings is 5. The molecule has 0 aliphatic rings. The minimum Gasteiger partial charge on any atom is -0.421 e. The monoisotopic (exact) mass is 1130 g/mol. The van der Waals surface area contributed by atoms with E-state index in [4.69, 9.17) is 8.37 Å². The maximum Gasteiger partial charge on any atom is 0.480 e. The van der Waals surface area contributed by atoms with Crippen molar-refractivity contribution in [1.82, 2.24) is 0 Å². The molecule has 11 nitrogen and oxygen atoms in total. The van der Waals surface area contributed by atoms with Gasteiger partial charge in [0.1, 0.15) is 21.3 Å². The van der Waals surface area contributed by atoms with Gasteiger partial charge in [0.15, 0.2) is 34.7 Å². The lowest BCUT2D eigenvalue weighted by molar-refractivity contribution is -0.145. The summed E-state index contributed by atoms with van der Waals surface area (Å²) in [6.45, 7) is 0. The second-order valence-corrected chi connectivity index (χ2v) is 21.6. The molecule has 0 N–H and O–H groups in total. The number of hydrogen-bond acceptors (Lipinski definition) is 10. The molecule has 5 aromatic carbocycles. The van der Waals surface area contributed by atoms with Crippen molar-refractivity contribution in [2.24, 2.45) is 0 Å². The van der Waals surface area contributed by atoms with Crippen LogP contribution < -0.4 is 8.37 Å². The summed E-state index contributed by atoms with van der Waals surface area (Å²) < 4.78 is 330. The van der Waals surface area contributed by atoms with Gasteiger partial charge in [-0.3, -0.25) is 0 Å². The standard InChI is InChI=1S/C34H19F12O6S3.C2F6NO4S2/c35-31(36,37)20-14-21(32(38,39)40)17-29(16-20)54(47,48)51-24-6-10-27(11-7-24)53(26-4-2-1-3-5-26)28-12-8-25(9-13-28)52-55(49,50)30-18-22(33(41,42)43)15-23(19-30)34(44,45)46;3-1(4,5)14(10,11)9-15(12,13)2(6,7)8/h1-19H;/q+1;-1. The summed E-state index contributed by atoms with van der Waals surface area (Å²) in [5.41, 5.74) is -19.9. The Balaban J connectivity index is 0.000000611. The van der Waals surface area contributed by atoms with Gasteiger partial charge in [-0.15, -0.1) is 0 Å². The summed E-state index contributed by atoms with van der Waals surface area (Å²) in [5, 5.41) is 0. The number of alkyl halides is 18. The van der Waals surface area contributed by atoms with Gasteiger partial charge < -0.3 is 12.5 Å². The fourth-order valence-electron chi connectivity index (χ4n) is 4.93. The van der Waals surface area contributed by atoms with Crippen LogP contribution in [-0.2, 0) is 75.9 Å². The highest BCUT2D eigenvalue weighted by Gasteiger charge is 2.47. The Hall–Kier alpha value is -5.45. The van der Waals surface area contributed by atoms with E-state index in [-0.39, 0.29) is 36.4 Å². The Morgan fingerprint density at radius 2 is 0.614 bits per heavy atom. The van der Waals surface area contributed by atoms with Gasteiger partial charge in [-0.1, -0.05) is 18.2 Å². The Morgan fingerprint density at radius 1 is 0.357 bits per heavy atom. The van der Waals surface area contributed by atoms with Crippen LogP contribution in [0, 0.1) is 0 Å². The highest BCUT2D eigenvalue weighted by atomic mass is 32.3. The fourth-order valence-corrected chi connectivity index (χ4v) is 10.7. The Labute approximate surface area is 384 Å². The van der Waals surface area contributed by atoms with Gasteiger partial charge >= 0.3 is 56.0 Å². The molecule has 0 saturated heterocycles. The normalized spacial score (nSPS) is 13.6. The minimum absolute atomic E-state index is 0.0101. The predicted molar refractivity (Wildman–Crippen MR) is 203 cm³/mol. The van der Waals surface area contributed by atoms with Gasteiger partial charge in [0.25, 0.3) is 0 Å². The van der Waals surface area contributed by atoms with E-state index in [2.05, 4.69) is 0 Å². The molecule has 5 aromatic rings. The van der Waals surface area contributed by atoms with E-state index in [1.165, 1.54) is 24.3 Å². The number of halogens is 18. The number of sulfonamides is 2. The largest absolute Gasteiger partial charge is 0.480 e. The molecule has 0 fully saturated rings. The molecule has 0 bridgehead atoms. The van der Waals surface area contributed by atoms with E-state index in [0.29, 0.717) is 14.7 Å². The van der Waals surface area contributed by atoms with Gasteiger partial charge in [0.05, 0.1) is 33.1 Å². The minimum atomic E-state index is -6.72. The zero-order valence-electron chi connectivity index (χ0n) is 32.8. The summed E-state index contributed by atoms with van der Waals surface area (Å²) in [7, 11) is -25.1. The molecule has 0 heterocycles. The van der Waals surface area contributed by atoms with Crippen molar-refractivity contribution >= 4 is 51.2 Å². The van der Waals surface area contributed by atoms with Crippen LogP contribution in [0.25, 0.3) is 4.13 Å². The van der Waals surface area contributed by atoms with Gasteiger partial charge in [-0.2, -0.15) is 95.9 Å². The van der Waals surface area contributed by atoms with Crippen LogP contribution in [0.3, 0.4) is 0 Å². The average Bonchev–Trinajstić information content (AvgIpc) is 3.20. The number of hydrogen-bond donors (Lipinski definition) is 0. The van der Waals surface area contributed by atoms with E-state index in [1.54, 1.807) is 30.3 Å². The Bertz CT molecular complexity index is 2880. The van der Waals surface area contributed by atoms with Crippen molar-refractivity contribution in [2.75, 3.05) is 0 Å². The third-order valence-electron chi connectivity index (χ3n) is 7.99. The molecule has 0 atom stereocenters. The molecule has 70 heavy (non-hydrogen) atoms. The van der Waals surface area contributed by atoms with Crippen molar-refractivity contribution in [2.45, 2.75) is 60.2 Å². The molecule has 0 aliphatic heterocycles. The van der Waals surface area contributed by atoms with Crippen LogP contribution in [0.2, 0.25) is 0 Å². The van der Waals surface area contributed by atoms with Crippen molar-refractivity contribution in [3.05, 3.63) is 142 Å². The first-order valence-electron chi connectivity index (χ1n) is 17.3. The molecule has 0 aromatic heterocycles. The second-order valence-electron chi connectivity index (χ2n) is 13.0. The quantitative estimate of drug-likeness (QED) is 0.0705. The molecule has 0 radical (unpaired) electrons. The molecular weight excluding hydrogens is 1110 g/mol. The third kappa shape index (κ3) is 14.3. The lowest BCUT2D eigenvalue weighted by Gasteiger charge is -2.22. The maximum absolute atomic E-state index is 13.3. The van der Waals surface area contributed by atoms with Crippen LogP contribution in [-0.4, -0.2) is 44.7 Å². The zero-order valence-corrected chi connectivity index (χ0v) is 36.9. The number of nitrogens with zero attached hydrogens (tertiary/aromatic N) is 1. The molecule has 34 heteroatoms. The van der Waals surface area contributed by atoms with Crippen LogP contribution in [0.4, 0.5) is 79.0 Å². The van der Waals surface area contributed by atoms with Crippen LogP contribution >= 0.6 is 0 Å². The fraction of sp³-hybridized carbons (Fsp3) is 0.167. The van der Waals surface area contributed by atoms with Crippen LogP contribution in [0.15, 0.2) is 140 Å². The number of rotatable bonds is 11. The first-order valence-corrected chi connectivity index (χ1v) is 24.2. The maximum atomic E-state index is 13.3. The van der Waals surface area contributed by atoms with Gasteiger partial charge in [-0.05, 0) is 97.1 Å². The van der Waals surface area contributed by atoms with Crippen molar-refractivity contribution in [3.63, 3.8) is 0 Å². The molecule has 0 unspecified atom stereocenters. The lowest BCUT2D eigenvalue weighted by atomic mass is 10.1. The van der Waals surface area contributed by atoms with Gasteiger partial charge in [0.2, 0.25) is 0 Å². The second kappa shape index (κ2) is 19.6. The van der Waals surface area contributed by atoms with Crippen molar-refractivity contribution in [3.8, 4) is 11.5 Å². The molecule has 0 amide bonds. The van der Waals surface area contributed by atoms with E-state index < -0.39 is 130 Å². The third-order valence-corrected chi connectivity index (χ3v) is 15.4. The SMILES string of the molecule is O=S(=O)(Oc1ccc([S+](c2ccccc2)c2ccc(OS(=O)(=O)c3cc(C(F)(F)F)cc(C(F)(F)F)c3)cc2)cc1)c1cc(C(F)(F)F)cc(C(F)(F)F)c1.O=S(=O)([N-]S(=O)(=O)C(F)(F)F)C(F)(F)F. The van der Waals surface area contributed by atoms with E-state index in [9.17, 15) is 113 Å². The highest BCUT2D eigenvalue weighted by molar-refractivity contribution is 8.13. The topological polar surface area (TPSA) is 169 Å². The first-order chi connectivity index (χ1) is 31.4. The van der Waals surface area contributed by atoms with Crippen molar-refractivity contribution < 1.29 is 121 Å².